The number of nitrogens with two attached hydrogens (primary N) is 1. The van der Waals surface area contributed by atoms with Gasteiger partial charge < -0.3 is 10.6 Å². The van der Waals surface area contributed by atoms with Gasteiger partial charge in [0.2, 0.25) is 0 Å². The second-order valence-corrected chi connectivity index (χ2v) is 4.30. The molecular weight excluding hydrogens is 216 g/mol. The van der Waals surface area contributed by atoms with Crippen LogP contribution in [0.4, 0.5) is 5.69 Å². The Hall–Kier alpha value is -1.78. The zero-order valence-electron chi connectivity index (χ0n) is 10.9. The average Bonchev–Trinajstić information content (AvgIpc) is 2.51. The fourth-order valence-electron chi connectivity index (χ4n) is 1.77. The lowest BCUT2D eigenvalue weighted by Gasteiger charge is -2.17. The number of aryl methyl sites for hydroxylation is 2. The summed E-state index contributed by atoms with van der Waals surface area (Å²) in [4.78, 5) is 13.8. The van der Waals surface area contributed by atoms with Crippen LogP contribution in [0.5, 0.6) is 0 Å². The minimum Gasteiger partial charge on any atom is -0.395 e. The summed E-state index contributed by atoms with van der Waals surface area (Å²) in [7, 11) is 3.46. The van der Waals surface area contributed by atoms with E-state index in [-0.39, 0.29) is 5.91 Å². The first-order chi connectivity index (χ1) is 7.88. The molecular formula is C12H20N4O. The molecule has 0 spiro atoms. The van der Waals surface area contributed by atoms with Gasteiger partial charge in [0, 0.05) is 20.6 Å². The van der Waals surface area contributed by atoms with Crippen molar-refractivity contribution in [1.82, 2.24) is 14.7 Å². The lowest BCUT2D eigenvalue weighted by molar-refractivity contribution is 0.0797. The topological polar surface area (TPSA) is 64.2 Å². The molecule has 0 bridgehead atoms. The third kappa shape index (κ3) is 2.67. The second-order valence-electron chi connectivity index (χ2n) is 4.30. The first-order valence-corrected chi connectivity index (χ1v) is 5.59. The molecule has 1 aromatic heterocycles. The van der Waals surface area contributed by atoms with Gasteiger partial charge in [0.15, 0.2) is 0 Å². The highest BCUT2D eigenvalue weighted by molar-refractivity contribution is 5.98. The molecule has 5 nitrogen and oxygen atoms in total. The Morgan fingerprint density at radius 2 is 2.18 bits per heavy atom. The van der Waals surface area contributed by atoms with Crippen LogP contribution in [0, 0.1) is 0 Å². The summed E-state index contributed by atoms with van der Waals surface area (Å²) < 4.78 is 1.55. The Bertz CT molecular complexity index is 448. The van der Waals surface area contributed by atoms with Crippen LogP contribution >= 0.6 is 0 Å². The van der Waals surface area contributed by atoms with Crippen molar-refractivity contribution in [1.29, 1.82) is 0 Å². The molecule has 0 aromatic carbocycles. The van der Waals surface area contributed by atoms with Crippen LogP contribution in [0.1, 0.15) is 30.0 Å². The van der Waals surface area contributed by atoms with Crippen LogP contribution in [0.15, 0.2) is 12.2 Å². The summed E-state index contributed by atoms with van der Waals surface area (Å²) in [6.07, 6.45) is 0.719. The van der Waals surface area contributed by atoms with Crippen LogP contribution in [-0.2, 0) is 13.5 Å². The minimum atomic E-state index is -0.125. The van der Waals surface area contributed by atoms with E-state index in [1.54, 1.807) is 23.7 Å². The third-order valence-electron chi connectivity index (χ3n) is 2.55. The van der Waals surface area contributed by atoms with Gasteiger partial charge in [-0.15, -0.1) is 0 Å². The fourth-order valence-corrected chi connectivity index (χ4v) is 1.77. The number of anilines is 1. The molecule has 1 heterocycles. The number of carbonyl (C=O) groups excluding carboxylic acids is 1. The van der Waals surface area contributed by atoms with Crippen LogP contribution < -0.4 is 5.73 Å². The maximum Gasteiger partial charge on any atom is 0.274 e. The zero-order valence-corrected chi connectivity index (χ0v) is 10.9. The van der Waals surface area contributed by atoms with Crippen LogP contribution in [0.2, 0.25) is 0 Å². The highest BCUT2D eigenvalue weighted by Gasteiger charge is 2.21. The van der Waals surface area contributed by atoms with Crippen LogP contribution in [0.3, 0.4) is 0 Å². The van der Waals surface area contributed by atoms with Gasteiger partial charge in [-0.2, -0.15) is 5.10 Å². The molecule has 1 aromatic rings. The van der Waals surface area contributed by atoms with Gasteiger partial charge in [0.1, 0.15) is 5.69 Å². The summed E-state index contributed by atoms with van der Waals surface area (Å²) >= 11 is 0. The standard InChI is InChI=1S/C12H20N4O/c1-6-9-10(13)11(16(5)14-9)12(17)15(4)7-8(2)3/h2,6-7,13H2,1,3-5H3. The number of nitrogen functional groups attached to an aromatic ring is 1. The molecule has 1 rings (SSSR count). The first-order valence-electron chi connectivity index (χ1n) is 5.59. The number of hydrogen-bond acceptors (Lipinski definition) is 3. The molecule has 0 saturated heterocycles. The number of aromatic nitrogens is 2. The molecule has 0 unspecified atom stereocenters. The largest absolute Gasteiger partial charge is 0.395 e. The molecule has 1 amide bonds. The van der Waals surface area contributed by atoms with Crippen molar-refractivity contribution < 1.29 is 4.79 Å². The molecule has 0 aliphatic rings. The van der Waals surface area contributed by atoms with E-state index < -0.39 is 0 Å². The lowest BCUT2D eigenvalue weighted by atomic mass is 10.2. The molecule has 0 atom stereocenters. The Kier molecular flexibility index (Phi) is 3.93. The van der Waals surface area contributed by atoms with Gasteiger partial charge in [-0.1, -0.05) is 19.1 Å². The predicted molar refractivity (Wildman–Crippen MR) is 68.8 cm³/mol. The highest BCUT2D eigenvalue weighted by atomic mass is 16.2. The van der Waals surface area contributed by atoms with E-state index in [1.165, 1.54) is 0 Å². The summed E-state index contributed by atoms with van der Waals surface area (Å²) in [5, 5.41) is 4.23. The maximum absolute atomic E-state index is 12.2. The monoisotopic (exact) mass is 236 g/mol. The number of likely N-dealkylation sites (N-methyl/N-ethyl adjacent to an activating group) is 1. The van der Waals surface area contributed by atoms with E-state index in [0.717, 1.165) is 17.7 Å². The van der Waals surface area contributed by atoms with Gasteiger partial charge >= 0.3 is 0 Å². The Balaban J connectivity index is 3.04. The molecule has 94 valence electrons. The average molecular weight is 236 g/mol. The Labute approximate surface area is 102 Å². The molecule has 0 aliphatic carbocycles. The number of nitrogens with zero attached hydrogens (tertiary/aromatic N) is 3. The predicted octanol–water partition coefficient (Wildman–Crippen LogP) is 1.21. The Morgan fingerprint density at radius 3 is 2.59 bits per heavy atom. The van der Waals surface area contributed by atoms with E-state index >= 15 is 0 Å². The number of carbonyl (C=O) groups is 1. The number of rotatable bonds is 4. The Morgan fingerprint density at radius 1 is 1.59 bits per heavy atom. The maximum atomic E-state index is 12.2. The van der Waals surface area contributed by atoms with Crippen LogP contribution in [0.25, 0.3) is 0 Å². The molecule has 2 N–H and O–H groups in total. The normalized spacial score (nSPS) is 10.4. The van der Waals surface area contributed by atoms with Crippen molar-refractivity contribution >= 4 is 11.6 Å². The molecule has 17 heavy (non-hydrogen) atoms. The van der Waals surface area contributed by atoms with Crippen molar-refractivity contribution in [3.8, 4) is 0 Å². The summed E-state index contributed by atoms with van der Waals surface area (Å²) in [6, 6.07) is 0. The zero-order chi connectivity index (χ0) is 13.2. The van der Waals surface area contributed by atoms with Gasteiger partial charge in [-0.05, 0) is 13.3 Å². The van der Waals surface area contributed by atoms with E-state index in [2.05, 4.69) is 11.7 Å². The molecule has 0 aliphatic heterocycles. The van der Waals surface area contributed by atoms with Gasteiger partial charge in [-0.3, -0.25) is 9.48 Å². The van der Waals surface area contributed by atoms with E-state index in [1.807, 2.05) is 13.8 Å². The quantitative estimate of drug-likeness (QED) is 0.799. The second kappa shape index (κ2) is 5.03. The van der Waals surface area contributed by atoms with Crippen molar-refractivity contribution in [2.75, 3.05) is 19.3 Å². The van der Waals surface area contributed by atoms with E-state index in [9.17, 15) is 4.79 Å². The highest BCUT2D eigenvalue weighted by Crippen LogP contribution is 2.18. The summed E-state index contributed by atoms with van der Waals surface area (Å²) in [6.45, 7) is 8.15. The van der Waals surface area contributed by atoms with Crippen molar-refractivity contribution in [3.05, 3.63) is 23.5 Å². The van der Waals surface area contributed by atoms with Crippen molar-refractivity contribution in [2.45, 2.75) is 20.3 Å². The molecule has 0 saturated carbocycles. The van der Waals surface area contributed by atoms with Gasteiger partial charge in [-0.25, -0.2) is 0 Å². The molecule has 0 radical (unpaired) electrons. The summed E-state index contributed by atoms with van der Waals surface area (Å²) in [5.41, 5.74) is 8.55. The number of hydrogen-bond donors (Lipinski definition) is 1. The molecule has 5 heteroatoms. The number of amides is 1. The first kappa shape index (κ1) is 13.3. The smallest absolute Gasteiger partial charge is 0.274 e. The summed E-state index contributed by atoms with van der Waals surface area (Å²) in [5.74, 6) is -0.125. The van der Waals surface area contributed by atoms with E-state index in [0.29, 0.717) is 17.9 Å². The minimum absolute atomic E-state index is 0.125. The SMILES string of the molecule is C=C(C)CN(C)C(=O)c1c(N)c(CC)nn1C. The van der Waals surface area contributed by atoms with Crippen LogP contribution in [-0.4, -0.2) is 34.2 Å². The lowest BCUT2D eigenvalue weighted by Crippen LogP contribution is -2.30. The van der Waals surface area contributed by atoms with Crippen molar-refractivity contribution in [3.63, 3.8) is 0 Å². The molecule has 0 fully saturated rings. The third-order valence-corrected chi connectivity index (χ3v) is 2.55. The fraction of sp³-hybridized carbons (Fsp3) is 0.500. The van der Waals surface area contributed by atoms with Gasteiger partial charge in [0.05, 0.1) is 11.4 Å². The van der Waals surface area contributed by atoms with E-state index in [4.69, 9.17) is 5.73 Å². The van der Waals surface area contributed by atoms with Gasteiger partial charge in [0.25, 0.3) is 5.91 Å². The van der Waals surface area contributed by atoms with Crippen molar-refractivity contribution in [2.24, 2.45) is 7.05 Å².